The molecule has 30 heavy (non-hydrogen) atoms. The lowest BCUT2D eigenvalue weighted by atomic mass is 10.2. The highest BCUT2D eigenvalue weighted by atomic mass is 16.5. The SMILES string of the molecule is CCCc1nn(C)c2cnc(NCc3cccc(OCCN4CCOCC4)c3)nc12. The van der Waals surface area contributed by atoms with Gasteiger partial charge in [0.05, 0.1) is 25.1 Å². The van der Waals surface area contributed by atoms with Crippen molar-refractivity contribution in [3.8, 4) is 5.75 Å². The van der Waals surface area contributed by atoms with Gasteiger partial charge in [-0.1, -0.05) is 25.5 Å². The number of benzene rings is 1. The average molecular weight is 411 g/mol. The van der Waals surface area contributed by atoms with Crippen molar-refractivity contribution in [3.63, 3.8) is 0 Å². The second-order valence-corrected chi connectivity index (χ2v) is 7.55. The maximum Gasteiger partial charge on any atom is 0.223 e. The summed E-state index contributed by atoms with van der Waals surface area (Å²) in [6.07, 6.45) is 3.79. The van der Waals surface area contributed by atoms with Gasteiger partial charge in [0, 0.05) is 33.2 Å². The number of nitrogens with one attached hydrogen (secondary N) is 1. The molecule has 8 heteroatoms. The van der Waals surface area contributed by atoms with Gasteiger partial charge < -0.3 is 14.8 Å². The monoisotopic (exact) mass is 410 g/mol. The Bertz CT molecular complexity index is 967. The van der Waals surface area contributed by atoms with Gasteiger partial charge in [0.2, 0.25) is 5.95 Å². The molecule has 0 aliphatic carbocycles. The van der Waals surface area contributed by atoms with Crippen LogP contribution in [0.25, 0.3) is 11.0 Å². The molecule has 0 amide bonds. The summed E-state index contributed by atoms with van der Waals surface area (Å²) >= 11 is 0. The van der Waals surface area contributed by atoms with Crippen LogP contribution in [0.3, 0.4) is 0 Å². The second kappa shape index (κ2) is 9.86. The molecular weight excluding hydrogens is 380 g/mol. The van der Waals surface area contributed by atoms with Crippen LogP contribution in [0, 0.1) is 0 Å². The van der Waals surface area contributed by atoms with Gasteiger partial charge in [0.1, 0.15) is 23.4 Å². The van der Waals surface area contributed by atoms with Crippen LogP contribution < -0.4 is 10.1 Å². The Balaban J connectivity index is 1.34. The standard InChI is InChI=1S/C22H30N6O2/c1-3-5-19-21-20(27(2)26-19)16-24-22(25-21)23-15-17-6-4-7-18(14-17)30-13-10-28-8-11-29-12-9-28/h4,6-7,14,16H,3,5,8-13,15H2,1-2H3,(H,23,24,25). The van der Waals surface area contributed by atoms with E-state index in [0.717, 1.165) is 73.7 Å². The van der Waals surface area contributed by atoms with E-state index in [9.17, 15) is 0 Å². The summed E-state index contributed by atoms with van der Waals surface area (Å²) < 4.78 is 13.2. The van der Waals surface area contributed by atoms with E-state index in [1.165, 1.54) is 0 Å². The molecule has 0 spiro atoms. The summed E-state index contributed by atoms with van der Waals surface area (Å²) in [5.74, 6) is 1.50. The zero-order valence-corrected chi connectivity index (χ0v) is 17.8. The molecule has 1 aromatic carbocycles. The van der Waals surface area contributed by atoms with Crippen molar-refractivity contribution in [3.05, 3.63) is 41.7 Å². The number of nitrogens with zero attached hydrogens (tertiary/aromatic N) is 5. The van der Waals surface area contributed by atoms with E-state index in [4.69, 9.17) is 14.5 Å². The van der Waals surface area contributed by atoms with Crippen LogP contribution in [-0.2, 0) is 24.8 Å². The van der Waals surface area contributed by atoms with Gasteiger partial charge in [0.25, 0.3) is 0 Å². The second-order valence-electron chi connectivity index (χ2n) is 7.55. The Morgan fingerprint density at radius 3 is 2.93 bits per heavy atom. The highest BCUT2D eigenvalue weighted by Crippen LogP contribution is 2.19. The molecule has 2 aromatic heterocycles. The highest BCUT2D eigenvalue weighted by Gasteiger charge is 2.12. The van der Waals surface area contributed by atoms with Crippen LogP contribution >= 0.6 is 0 Å². The van der Waals surface area contributed by atoms with Crippen LogP contribution in [0.15, 0.2) is 30.5 Å². The van der Waals surface area contributed by atoms with Crippen LogP contribution in [0.5, 0.6) is 5.75 Å². The number of aryl methyl sites for hydroxylation is 2. The Labute approximate surface area is 177 Å². The van der Waals surface area contributed by atoms with E-state index in [1.807, 2.05) is 30.1 Å². The first kappa shape index (κ1) is 20.6. The van der Waals surface area contributed by atoms with E-state index in [1.54, 1.807) is 0 Å². The summed E-state index contributed by atoms with van der Waals surface area (Å²) in [5.41, 5.74) is 4.04. The molecule has 3 heterocycles. The van der Waals surface area contributed by atoms with Crippen LogP contribution in [0.4, 0.5) is 5.95 Å². The van der Waals surface area contributed by atoms with Crippen molar-refractivity contribution in [1.82, 2.24) is 24.6 Å². The van der Waals surface area contributed by atoms with E-state index in [2.05, 4.69) is 39.4 Å². The molecule has 0 atom stereocenters. The molecule has 8 nitrogen and oxygen atoms in total. The Hall–Kier alpha value is -2.71. The van der Waals surface area contributed by atoms with E-state index in [0.29, 0.717) is 19.1 Å². The van der Waals surface area contributed by atoms with Crippen molar-refractivity contribution < 1.29 is 9.47 Å². The molecule has 1 fully saturated rings. The number of rotatable bonds is 9. The van der Waals surface area contributed by atoms with E-state index >= 15 is 0 Å². The van der Waals surface area contributed by atoms with E-state index in [-0.39, 0.29) is 0 Å². The predicted molar refractivity (Wildman–Crippen MR) is 117 cm³/mol. The molecule has 0 saturated carbocycles. The van der Waals surface area contributed by atoms with Crippen LogP contribution in [-0.4, -0.2) is 64.1 Å². The maximum atomic E-state index is 5.95. The summed E-state index contributed by atoms with van der Waals surface area (Å²) in [6, 6.07) is 8.16. The molecule has 1 aliphatic rings. The number of fused-ring (bicyclic) bond motifs is 1. The fourth-order valence-electron chi connectivity index (χ4n) is 3.64. The first-order valence-electron chi connectivity index (χ1n) is 10.7. The quantitative estimate of drug-likeness (QED) is 0.581. The normalized spacial score (nSPS) is 14.9. The van der Waals surface area contributed by atoms with Gasteiger partial charge >= 0.3 is 0 Å². The van der Waals surface area contributed by atoms with Crippen molar-refractivity contribution in [2.45, 2.75) is 26.3 Å². The number of hydrogen-bond acceptors (Lipinski definition) is 7. The third-order valence-corrected chi connectivity index (χ3v) is 5.28. The van der Waals surface area contributed by atoms with Gasteiger partial charge in [-0.25, -0.2) is 9.97 Å². The minimum atomic E-state index is 0.617. The Kier molecular flexibility index (Phi) is 6.76. The highest BCUT2D eigenvalue weighted by molar-refractivity contribution is 5.77. The molecule has 1 saturated heterocycles. The van der Waals surface area contributed by atoms with Crippen molar-refractivity contribution >= 4 is 17.0 Å². The predicted octanol–water partition coefficient (Wildman–Crippen LogP) is 2.64. The van der Waals surface area contributed by atoms with Crippen LogP contribution in [0.2, 0.25) is 0 Å². The molecule has 3 aromatic rings. The summed E-state index contributed by atoms with van der Waals surface area (Å²) in [6.45, 7) is 7.97. The molecular formula is C22H30N6O2. The number of aromatic nitrogens is 4. The van der Waals surface area contributed by atoms with Gasteiger partial charge in [-0.2, -0.15) is 5.10 Å². The maximum absolute atomic E-state index is 5.95. The lowest BCUT2D eigenvalue weighted by Crippen LogP contribution is -2.38. The third-order valence-electron chi connectivity index (χ3n) is 5.28. The topological polar surface area (TPSA) is 77.3 Å². The van der Waals surface area contributed by atoms with Crippen LogP contribution in [0.1, 0.15) is 24.6 Å². The molecule has 4 rings (SSSR count). The molecule has 160 valence electrons. The molecule has 0 radical (unpaired) electrons. The minimum Gasteiger partial charge on any atom is -0.492 e. The fourth-order valence-corrected chi connectivity index (χ4v) is 3.64. The Morgan fingerprint density at radius 1 is 1.23 bits per heavy atom. The molecule has 1 N–H and O–H groups in total. The minimum absolute atomic E-state index is 0.617. The van der Waals surface area contributed by atoms with Gasteiger partial charge in [-0.3, -0.25) is 9.58 Å². The van der Waals surface area contributed by atoms with Crippen molar-refractivity contribution in [1.29, 1.82) is 0 Å². The summed E-state index contributed by atoms with van der Waals surface area (Å²) in [5, 5.41) is 7.90. The zero-order valence-electron chi connectivity index (χ0n) is 17.8. The van der Waals surface area contributed by atoms with Gasteiger partial charge in [-0.05, 0) is 24.1 Å². The first-order chi connectivity index (χ1) is 14.7. The lowest BCUT2D eigenvalue weighted by molar-refractivity contribution is 0.0322. The van der Waals surface area contributed by atoms with Crippen molar-refractivity contribution in [2.24, 2.45) is 7.05 Å². The average Bonchev–Trinajstić information content (AvgIpc) is 3.08. The number of hydrogen-bond donors (Lipinski definition) is 1. The Morgan fingerprint density at radius 2 is 2.10 bits per heavy atom. The van der Waals surface area contributed by atoms with Gasteiger partial charge in [0.15, 0.2) is 0 Å². The lowest BCUT2D eigenvalue weighted by Gasteiger charge is -2.26. The summed E-state index contributed by atoms with van der Waals surface area (Å²) in [7, 11) is 1.93. The third kappa shape index (κ3) is 5.06. The largest absolute Gasteiger partial charge is 0.492 e. The summed E-state index contributed by atoms with van der Waals surface area (Å²) in [4.78, 5) is 11.5. The number of ether oxygens (including phenoxy) is 2. The zero-order chi connectivity index (χ0) is 20.8. The first-order valence-corrected chi connectivity index (χ1v) is 10.7. The smallest absolute Gasteiger partial charge is 0.223 e. The van der Waals surface area contributed by atoms with Gasteiger partial charge in [-0.15, -0.1) is 0 Å². The van der Waals surface area contributed by atoms with Crippen molar-refractivity contribution in [2.75, 3.05) is 44.8 Å². The van der Waals surface area contributed by atoms with E-state index < -0.39 is 0 Å². The molecule has 1 aliphatic heterocycles. The molecule has 0 unspecified atom stereocenters. The fraction of sp³-hybridized carbons (Fsp3) is 0.500. The number of morpholine rings is 1. The number of anilines is 1. The molecule has 0 bridgehead atoms.